The Balaban J connectivity index is 2.60. The van der Waals surface area contributed by atoms with E-state index in [9.17, 15) is 14.0 Å². The Labute approximate surface area is 142 Å². The summed E-state index contributed by atoms with van der Waals surface area (Å²) in [5.41, 5.74) is -0.128. The van der Waals surface area contributed by atoms with E-state index in [4.69, 9.17) is 4.74 Å². The van der Waals surface area contributed by atoms with Crippen LogP contribution in [-0.2, 0) is 11.8 Å². The van der Waals surface area contributed by atoms with Crippen LogP contribution in [0.25, 0.3) is 0 Å². The van der Waals surface area contributed by atoms with Gasteiger partial charge in [0.25, 0.3) is 5.56 Å². The van der Waals surface area contributed by atoms with Crippen molar-refractivity contribution in [1.82, 2.24) is 4.57 Å². The second-order valence-electron chi connectivity index (χ2n) is 4.36. The van der Waals surface area contributed by atoms with E-state index >= 15 is 0 Å². The molecule has 1 aromatic heterocycles. The highest BCUT2D eigenvalue weighted by Gasteiger charge is 2.19. The number of esters is 1. The summed E-state index contributed by atoms with van der Waals surface area (Å²) in [5.74, 6) is -1.03. The third kappa shape index (κ3) is 3.22. The maximum Gasteiger partial charge on any atom is 0.341 e. The Bertz CT molecular complexity index is 805. The van der Waals surface area contributed by atoms with Gasteiger partial charge in [0, 0.05) is 11.5 Å². The zero-order valence-electron chi connectivity index (χ0n) is 11.6. The molecule has 0 saturated heterocycles. The molecule has 0 radical (unpaired) electrons. The summed E-state index contributed by atoms with van der Waals surface area (Å²) in [5, 5.41) is 2.77. The molecule has 1 aromatic carbocycles. The highest BCUT2D eigenvalue weighted by atomic mass is 79.9. The molecule has 1 heterocycles. The van der Waals surface area contributed by atoms with E-state index in [1.54, 1.807) is 6.07 Å². The van der Waals surface area contributed by atoms with Crippen LogP contribution in [0.15, 0.2) is 38.0 Å². The van der Waals surface area contributed by atoms with Gasteiger partial charge in [0.15, 0.2) is 0 Å². The minimum atomic E-state index is -0.642. The fourth-order valence-electron chi connectivity index (χ4n) is 1.83. The molecule has 116 valence electrons. The first-order chi connectivity index (χ1) is 10.3. The van der Waals surface area contributed by atoms with Gasteiger partial charge >= 0.3 is 5.97 Å². The number of carbonyl (C=O) groups is 1. The maximum atomic E-state index is 14.0. The van der Waals surface area contributed by atoms with Crippen molar-refractivity contribution < 1.29 is 13.9 Å². The first-order valence-electron chi connectivity index (χ1n) is 6.05. The lowest BCUT2D eigenvalue weighted by atomic mass is 10.2. The summed E-state index contributed by atoms with van der Waals surface area (Å²) in [7, 11) is 2.70. The molecule has 0 saturated carbocycles. The summed E-state index contributed by atoms with van der Waals surface area (Å²) in [6, 6.07) is 5.75. The second-order valence-corrected chi connectivity index (χ2v) is 6.13. The summed E-state index contributed by atoms with van der Waals surface area (Å²) in [6.45, 7) is 0. The number of nitrogens with one attached hydrogen (secondary N) is 1. The van der Waals surface area contributed by atoms with Crippen LogP contribution >= 0.6 is 31.9 Å². The molecule has 22 heavy (non-hydrogen) atoms. The van der Waals surface area contributed by atoms with Crippen LogP contribution < -0.4 is 10.9 Å². The van der Waals surface area contributed by atoms with Gasteiger partial charge in [-0.1, -0.05) is 15.9 Å². The maximum absolute atomic E-state index is 14.0. The Morgan fingerprint density at radius 3 is 2.59 bits per heavy atom. The molecule has 0 bridgehead atoms. The van der Waals surface area contributed by atoms with Crippen molar-refractivity contribution in [3.05, 3.63) is 54.9 Å². The van der Waals surface area contributed by atoms with Crippen LogP contribution in [-0.4, -0.2) is 17.6 Å². The number of nitrogens with zero attached hydrogens (tertiary/aromatic N) is 1. The molecule has 2 rings (SSSR count). The van der Waals surface area contributed by atoms with Gasteiger partial charge in [0.1, 0.15) is 17.2 Å². The number of halogens is 3. The average Bonchev–Trinajstić information content (AvgIpc) is 2.49. The Morgan fingerprint density at radius 1 is 1.32 bits per heavy atom. The van der Waals surface area contributed by atoms with Gasteiger partial charge in [0.2, 0.25) is 0 Å². The number of anilines is 2. The number of hydrogen-bond donors (Lipinski definition) is 1. The Kier molecular flexibility index (Phi) is 5.02. The third-order valence-electron chi connectivity index (χ3n) is 2.96. The van der Waals surface area contributed by atoms with Crippen LogP contribution in [0.4, 0.5) is 15.9 Å². The minimum Gasteiger partial charge on any atom is -0.465 e. The monoisotopic (exact) mass is 432 g/mol. The van der Waals surface area contributed by atoms with Crippen LogP contribution in [0.5, 0.6) is 0 Å². The fourth-order valence-corrected chi connectivity index (χ4v) is 2.66. The number of rotatable bonds is 3. The molecule has 0 aliphatic heterocycles. The predicted molar refractivity (Wildman–Crippen MR) is 88.1 cm³/mol. The number of pyridine rings is 1. The van der Waals surface area contributed by atoms with E-state index in [2.05, 4.69) is 37.2 Å². The second kappa shape index (κ2) is 6.62. The third-order valence-corrected chi connectivity index (χ3v) is 4.02. The summed E-state index contributed by atoms with van der Waals surface area (Å²) in [6.07, 6.45) is 0. The number of carbonyl (C=O) groups excluding carboxylic acids is 1. The Hall–Kier alpha value is -1.67. The first-order valence-corrected chi connectivity index (χ1v) is 7.63. The molecule has 8 heteroatoms. The molecule has 0 unspecified atom stereocenters. The highest BCUT2D eigenvalue weighted by Crippen LogP contribution is 2.26. The van der Waals surface area contributed by atoms with Gasteiger partial charge in [-0.15, -0.1) is 0 Å². The van der Waals surface area contributed by atoms with Crippen molar-refractivity contribution in [2.45, 2.75) is 0 Å². The smallest absolute Gasteiger partial charge is 0.341 e. The minimum absolute atomic E-state index is 0.110. The normalized spacial score (nSPS) is 10.4. The van der Waals surface area contributed by atoms with Crippen LogP contribution in [0.2, 0.25) is 0 Å². The number of ether oxygens (including phenoxy) is 1. The van der Waals surface area contributed by atoms with Crippen LogP contribution in [0, 0.1) is 5.82 Å². The molecule has 2 aromatic rings. The topological polar surface area (TPSA) is 60.3 Å². The molecule has 0 aliphatic rings. The lowest BCUT2D eigenvalue weighted by molar-refractivity contribution is 0.0601. The van der Waals surface area contributed by atoms with E-state index < -0.39 is 11.8 Å². The van der Waals surface area contributed by atoms with Crippen molar-refractivity contribution in [1.29, 1.82) is 0 Å². The van der Waals surface area contributed by atoms with Gasteiger partial charge in [0.05, 0.1) is 17.3 Å². The van der Waals surface area contributed by atoms with E-state index in [1.165, 1.54) is 36.9 Å². The molecule has 0 fully saturated rings. The largest absolute Gasteiger partial charge is 0.465 e. The van der Waals surface area contributed by atoms with Gasteiger partial charge in [-0.2, -0.15) is 0 Å². The van der Waals surface area contributed by atoms with Gasteiger partial charge in [-0.25, -0.2) is 9.18 Å². The Morgan fingerprint density at radius 2 is 2.00 bits per heavy atom. The zero-order valence-corrected chi connectivity index (χ0v) is 14.8. The molecule has 1 N–H and O–H groups in total. The number of hydrogen-bond acceptors (Lipinski definition) is 4. The first kappa shape index (κ1) is 16.7. The quantitative estimate of drug-likeness (QED) is 0.751. The molecule has 0 spiro atoms. The highest BCUT2D eigenvalue weighted by molar-refractivity contribution is 9.10. The molecular weight excluding hydrogens is 423 g/mol. The lowest BCUT2D eigenvalue weighted by Gasteiger charge is -2.16. The van der Waals surface area contributed by atoms with Crippen LogP contribution in [0.1, 0.15) is 10.4 Å². The standard InChI is InChI=1S/C14H11Br2FN2O3/c1-19-12(18-11-4-3-7(15)5-10(11)17)8(14(21)22-2)6-9(16)13(19)20/h3-6,18H,1-2H3. The fraction of sp³-hybridized carbons (Fsp3) is 0.143. The van der Waals surface area contributed by atoms with Gasteiger partial charge in [-0.05, 0) is 40.2 Å². The predicted octanol–water partition coefficient (Wildman–Crippen LogP) is 3.58. The molecule has 0 atom stereocenters. The summed E-state index contributed by atoms with van der Waals surface area (Å²) < 4.78 is 20.6. The van der Waals surface area contributed by atoms with Crippen molar-refractivity contribution >= 4 is 49.3 Å². The van der Waals surface area contributed by atoms with Crippen LogP contribution in [0.3, 0.4) is 0 Å². The average molecular weight is 434 g/mol. The summed E-state index contributed by atoms with van der Waals surface area (Å²) >= 11 is 6.25. The summed E-state index contributed by atoms with van der Waals surface area (Å²) in [4.78, 5) is 23.9. The molecule has 0 aliphatic carbocycles. The van der Waals surface area contributed by atoms with Gasteiger partial charge < -0.3 is 10.1 Å². The van der Waals surface area contributed by atoms with E-state index in [-0.39, 0.29) is 27.1 Å². The number of benzene rings is 1. The van der Waals surface area contributed by atoms with E-state index in [1.807, 2.05) is 0 Å². The molecule has 0 amide bonds. The van der Waals surface area contributed by atoms with Crippen molar-refractivity contribution in [2.24, 2.45) is 7.05 Å². The number of methoxy groups -OCH3 is 1. The number of aromatic nitrogens is 1. The lowest BCUT2D eigenvalue weighted by Crippen LogP contribution is -2.23. The van der Waals surface area contributed by atoms with E-state index in [0.29, 0.717) is 4.47 Å². The van der Waals surface area contributed by atoms with E-state index in [0.717, 1.165) is 0 Å². The SMILES string of the molecule is COC(=O)c1cc(Br)c(=O)n(C)c1Nc1ccc(Br)cc1F. The van der Waals surface area contributed by atoms with Gasteiger partial charge in [-0.3, -0.25) is 9.36 Å². The molecular formula is C14H11Br2FN2O3. The van der Waals surface area contributed by atoms with Crippen molar-refractivity contribution in [2.75, 3.05) is 12.4 Å². The molecule has 5 nitrogen and oxygen atoms in total. The zero-order chi connectivity index (χ0) is 16.4. The van der Waals surface area contributed by atoms with Crippen molar-refractivity contribution in [3.8, 4) is 0 Å². The van der Waals surface area contributed by atoms with Crippen molar-refractivity contribution in [3.63, 3.8) is 0 Å².